The first kappa shape index (κ1) is 22.9. The third-order valence-electron chi connectivity index (χ3n) is 4.43. The summed E-state index contributed by atoms with van der Waals surface area (Å²) in [5.41, 5.74) is -0.0964. The van der Waals surface area contributed by atoms with E-state index in [1.54, 1.807) is 0 Å². The number of nitrogens with one attached hydrogen (secondary N) is 1. The van der Waals surface area contributed by atoms with Gasteiger partial charge in [0.25, 0.3) is 0 Å². The quantitative estimate of drug-likeness (QED) is 0.644. The molecule has 0 spiro atoms. The average molecular weight is 428 g/mol. The van der Waals surface area contributed by atoms with Crippen molar-refractivity contribution in [1.29, 1.82) is 0 Å². The Morgan fingerprint density at radius 3 is 2.57 bits per heavy atom. The van der Waals surface area contributed by atoms with Gasteiger partial charge < -0.3 is 9.47 Å². The van der Waals surface area contributed by atoms with Crippen molar-refractivity contribution in [3.8, 4) is 5.75 Å². The minimum Gasteiger partial charge on any atom is -0.428 e. The standard InChI is InChI=1S/C17H24F4N2O4S/c1-11-7-12(18)8-13(19)16(11)27-17(20,21)10-23-6-4-5-14(15(23)9-26-2)22-28(3,24)25/h7-8,14-15,22H,4-6,9-10H2,1-3H3/t14-,15-/m0/s1. The van der Waals surface area contributed by atoms with Crippen LogP contribution in [0.15, 0.2) is 12.1 Å². The highest BCUT2D eigenvalue weighted by Crippen LogP contribution is 2.31. The van der Waals surface area contributed by atoms with Crippen LogP contribution in [-0.4, -0.2) is 64.6 Å². The van der Waals surface area contributed by atoms with E-state index in [2.05, 4.69) is 9.46 Å². The Hall–Kier alpha value is -1.43. The summed E-state index contributed by atoms with van der Waals surface area (Å²) in [7, 11) is -2.16. The molecule has 6 nitrogen and oxygen atoms in total. The molecule has 1 heterocycles. The number of benzene rings is 1. The summed E-state index contributed by atoms with van der Waals surface area (Å²) in [4.78, 5) is 1.35. The lowest BCUT2D eigenvalue weighted by molar-refractivity contribution is -0.198. The number of rotatable bonds is 8. The van der Waals surface area contributed by atoms with E-state index in [-0.39, 0.29) is 18.7 Å². The zero-order valence-corrected chi connectivity index (χ0v) is 16.7. The number of methoxy groups -OCH3 is 1. The molecule has 1 N–H and O–H groups in total. The fraction of sp³-hybridized carbons (Fsp3) is 0.647. The second-order valence-electron chi connectivity index (χ2n) is 6.90. The van der Waals surface area contributed by atoms with Gasteiger partial charge in [0.05, 0.1) is 12.9 Å². The van der Waals surface area contributed by atoms with E-state index in [9.17, 15) is 26.0 Å². The lowest BCUT2D eigenvalue weighted by Crippen LogP contribution is -2.59. The van der Waals surface area contributed by atoms with Gasteiger partial charge in [-0.15, -0.1) is 0 Å². The van der Waals surface area contributed by atoms with E-state index in [0.29, 0.717) is 18.9 Å². The molecule has 160 valence electrons. The highest BCUT2D eigenvalue weighted by atomic mass is 32.2. The Balaban J connectivity index is 2.18. The van der Waals surface area contributed by atoms with E-state index >= 15 is 0 Å². The van der Waals surface area contributed by atoms with Crippen LogP contribution in [0.2, 0.25) is 0 Å². The third kappa shape index (κ3) is 6.29. The van der Waals surface area contributed by atoms with Crippen LogP contribution in [0, 0.1) is 18.6 Å². The lowest BCUT2D eigenvalue weighted by Gasteiger charge is -2.41. The summed E-state index contributed by atoms with van der Waals surface area (Å²) >= 11 is 0. The van der Waals surface area contributed by atoms with Crippen molar-refractivity contribution in [2.75, 3.05) is 33.1 Å². The normalized spacial score (nSPS) is 21.7. The third-order valence-corrected chi connectivity index (χ3v) is 5.16. The first-order valence-corrected chi connectivity index (χ1v) is 10.5. The van der Waals surface area contributed by atoms with Gasteiger partial charge in [0, 0.05) is 25.3 Å². The van der Waals surface area contributed by atoms with Crippen LogP contribution < -0.4 is 9.46 Å². The molecule has 0 unspecified atom stereocenters. The first-order chi connectivity index (χ1) is 12.9. The molecule has 1 aromatic carbocycles. The molecule has 1 aliphatic heterocycles. The summed E-state index contributed by atoms with van der Waals surface area (Å²) in [6.07, 6.45) is -1.85. The van der Waals surface area contributed by atoms with Crippen molar-refractivity contribution >= 4 is 10.0 Å². The highest BCUT2D eigenvalue weighted by molar-refractivity contribution is 7.88. The van der Waals surface area contributed by atoms with Crippen molar-refractivity contribution in [2.45, 2.75) is 38.0 Å². The predicted octanol–water partition coefficient (Wildman–Crippen LogP) is 2.27. The SMILES string of the molecule is COC[C@H]1[C@@H](NS(C)(=O)=O)CCCN1CC(F)(F)Oc1c(C)cc(F)cc1F. The van der Waals surface area contributed by atoms with Gasteiger partial charge in [0.1, 0.15) is 12.4 Å². The summed E-state index contributed by atoms with van der Waals surface area (Å²) < 4.78 is 91.3. The maximum absolute atomic E-state index is 14.5. The van der Waals surface area contributed by atoms with Crippen molar-refractivity contribution in [3.05, 3.63) is 29.3 Å². The molecular formula is C17H24F4N2O4S. The lowest BCUT2D eigenvalue weighted by atomic mass is 9.97. The number of hydrogen-bond donors (Lipinski definition) is 1. The number of piperidine rings is 1. The molecule has 0 radical (unpaired) electrons. The van der Waals surface area contributed by atoms with Gasteiger partial charge in [-0.25, -0.2) is 21.9 Å². The van der Waals surface area contributed by atoms with Crippen LogP contribution in [0.3, 0.4) is 0 Å². The minimum atomic E-state index is -3.79. The topological polar surface area (TPSA) is 67.9 Å². The molecule has 0 bridgehead atoms. The maximum atomic E-state index is 14.5. The smallest absolute Gasteiger partial charge is 0.411 e. The van der Waals surface area contributed by atoms with E-state index in [4.69, 9.17) is 4.74 Å². The zero-order valence-electron chi connectivity index (χ0n) is 15.8. The Bertz CT molecular complexity index is 768. The molecule has 1 fully saturated rings. The average Bonchev–Trinajstić information content (AvgIpc) is 2.52. The largest absolute Gasteiger partial charge is 0.428 e. The van der Waals surface area contributed by atoms with Gasteiger partial charge in [-0.1, -0.05) is 0 Å². The number of ether oxygens (including phenoxy) is 2. The van der Waals surface area contributed by atoms with Crippen LogP contribution in [0.1, 0.15) is 18.4 Å². The van der Waals surface area contributed by atoms with Gasteiger partial charge in [-0.05, 0) is 37.9 Å². The molecule has 0 aromatic heterocycles. The van der Waals surface area contributed by atoms with Crippen LogP contribution in [0.5, 0.6) is 5.75 Å². The summed E-state index contributed by atoms with van der Waals surface area (Å²) in [5.74, 6) is -2.84. The Labute approximate surface area is 161 Å². The molecule has 28 heavy (non-hydrogen) atoms. The number of sulfonamides is 1. The molecule has 11 heteroatoms. The van der Waals surface area contributed by atoms with Crippen molar-refractivity contribution in [1.82, 2.24) is 9.62 Å². The number of hydrogen-bond acceptors (Lipinski definition) is 5. The van der Waals surface area contributed by atoms with Gasteiger partial charge in [0.2, 0.25) is 10.0 Å². The molecule has 0 saturated carbocycles. The van der Waals surface area contributed by atoms with Crippen molar-refractivity contribution in [2.24, 2.45) is 0 Å². The monoisotopic (exact) mass is 428 g/mol. The van der Waals surface area contributed by atoms with Crippen LogP contribution in [0.25, 0.3) is 0 Å². The van der Waals surface area contributed by atoms with Gasteiger partial charge in [-0.2, -0.15) is 8.78 Å². The maximum Gasteiger partial charge on any atom is 0.411 e. The fourth-order valence-corrected chi connectivity index (χ4v) is 4.19. The van der Waals surface area contributed by atoms with Gasteiger partial charge in [0.15, 0.2) is 11.6 Å². The second kappa shape index (κ2) is 8.93. The molecule has 0 amide bonds. The number of halogens is 4. The Morgan fingerprint density at radius 2 is 2.00 bits per heavy atom. The van der Waals surface area contributed by atoms with Gasteiger partial charge >= 0.3 is 6.11 Å². The number of alkyl halides is 2. The predicted molar refractivity (Wildman–Crippen MR) is 94.9 cm³/mol. The molecular weight excluding hydrogens is 404 g/mol. The van der Waals surface area contributed by atoms with E-state index in [1.165, 1.54) is 18.9 Å². The van der Waals surface area contributed by atoms with Crippen molar-refractivity contribution in [3.63, 3.8) is 0 Å². The molecule has 0 aliphatic carbocycles. The number of nitrogens with zero attached hydrogens (tertiary/aromatic N) is 1. The molecule has 2 atom stereocenters. The summed E-state index contributed by atoms with van der Waals surface area (Å²) in [5, 5.41) is 0. The zero-order chi connectivity index (χ0) is 21.1. The molecule has 1 aliphatic rings. The fourth-order valence-electron chi connectivity index (χ4n) is 3.36. The van der Waals surface area contributed by atoms with Crippen LogP contribution in [-0.2, 0) is 14.8 Å². The summed E-state index contributed by atoms with van der Waals surface area (Å²) in [6.45, 7) is 0.643. The highest BCUT2D eigenvalue weighted by Gasteiger charge is 2.42. The van der Waals surface area contributed by atoms with E-state index in [1.807, 2.05) is 0 Å². The Morgan fingerprint density at radius 1 is 1.32 bits per heavy atom. The van der Waals surface area contributed by atoms with Crippen LogP contribution >= 0.6 is 0 Å². The summed E-state index contributed by atoms with van der Waals surface area (Å²) in [6, 6.07) is 0.111. The first-order valence-electron chi connectivity index (χ1n) is 8.64. The van der Waals surface area contributed by atoms with Crippen molar-refractivity contribution < 1.29 is 35.5 Å². The van der Waals surface area contributed by atoms with E-state index in [0.717, 1.165) is 12.3 Å². The molecule has 1 aromatic rings. The molecule has 1 saturated heterocycles. The Kier molecular flexibility index (Phi) is 7.29. The van der Waals surface area contributed by atoms with Crippen LogP contribution in [0.4, 0.5) is 17.6 Å². The number of likely N-dealkylation sites (tertiary alicyclic amines) is 1. The number of aryl methyl sites for hydroxylation is 1. The minimum absolute atomic E-state index is 0.0210. The van der Waals surface area contributed by atoms with E-state index < -0.39 is 52.1 Å². The second-order valence-corrected chi connectivity index (χ2v) is 8.68. The molecule has 2 rings (SSSR count). The van der Waals surface area contributed by atoms with Gasteiger partial charge in [-0.3, -0.25) is 4.90 Å².